The maximum atomic E-state index is 10.7. The molecule has 2 rings (SSSR count). The van der Waals surface area contributed by atoms with Crippen molar-refractivity contribution in [3.8, 4) is 5.88 Å². The molecule has 0 saturated carbocycles. The normalized spacial score (nSPS) is 19.5. The fourth-order valence-corrected chi connectivity index (χ4v) is 2.05. The Hall–Kier alpha value is -1.69. The van der Waals surface area contributed by atoms with E-state index < -0.39 is 4.92 Å². The molecule has 0 aromatic carbocycles. The van der Waals surface area contributed by atoms with Crippen LogP contribution >= 0.6 is 0 Å². The van der Waals surface area contributed by atoms with Gasteiger partial charge in [-0.2, -0.15) is 0 Å². The third-order valence-electron chi connectivity index (χ3n) is 3.10. The fraction of sp³-hybridized carbons (Fsp3) is 0.583. The molecular weight excluding hydrogens is 234 g/mol. The SMILES string of the molecule is Cc1cc(OCC2CCCCN2)ncc1[N+](=O)[O-]. The highest BCUT2D eigenvalue weighted by atomic mass is 16.6. The summed E-state index contributed by atoms with van der Waals surface area (Å²) >= 11 is 0. The van der Waals surface area contributed by atoms with Crippen molar-refractivity contribution in [3.05, 3.63) is 27.9 Å². The molecule has 0 aliphatic carbocycles. The second-order valence-electron chi connectivity index (χ2n) is 4.52. The van der Waals surface area contributed by atoms with E-state index in [2.05, 4.69) is 10.3 Å². The lowest BCUT2D eigenvalue weighted by atomic mass is 10.1. The minimum absolute atomic E-state index is 0.0261. The summed E-state index contributed by atoms with van der Waals surface area (Å²) in [6.45, 7) is 3.27. The van der Waals surface area contributed by atoms with E-state index in [0.717, 1.165) is 13.0 Å². The summed E-state index contributed by atoms with van der Waals surface area (Å²) in [4.78, 5) is 14.2. The highest BCUT2D eigenvalue weighted by molar-refractivity contribution is 5.39. The number of aromatic nitrogens is 1. The summed E-state index contributed by atoms with van der Waals surface area (Å²) in [6.07, 6.45) is 4.78. The van der Waals surface area contributed by atoms with Gasteiger partial charge in [0.15, 0.2) is 0 Å². The van der Waals surface area contributed by atoms with E-state index in [-0.39, 0.29) is 5.69 Å². The van der Waals surface area contributed by atoms with E-state index in [1.165, 1.54) is 19.0 Å². The summed E-state index contributed by atoms with van der Waals surface area (Å²) in [5, 5.41) is 14.0. The Morgan fingerprint density at radius 2 is 2.44 bits per heavy atom. The number of pyridine rings is 1. The van der Waals surface area contributed by atoms with Crippen molar-refractivity contribution in [2.45, 2.75) is 32.2 Å². The van der Waals surface area contributed by atoms with Crippen LogP contribution in [-0.4, -0.2) is 29.1 Å². The highest BCUT2D eigenvalue weighted by Crippen LogP contribution is 2.20. The van der Waals surface area contributed by atoms with Gasteiger partial charge in [0, 0.05) is 17.7 Å². The summed E-state index contributed by atoms with van der Waals surface area (Å²) in [5.74, 6) is 0.450. The molecule has 1 aliphatic heterocycles. The number of nitrogens with zero attached hydrogens (tertiary/aromatic N) is 2. The van der Waals surface area contributed by atoms with Crippen LogP contribution in [0.1, 0.15) is 24.8 Å². The maximum Gasteiger partial charge on any atom is 0.290 e. The number of piperidine rings is 1. The quantitative estimate of drug-likeness (QED) is 0.652. The van der Waals surface area contributed by atoms with Crippen molar-refractivity contribution in [1.82, 2.24) is 10.3 Å². The van der Waals surface area contributed by atoms with Crippen LogP contribution in [0.2, 0.25) is 0 Å². The van der Waals surface area contributed by atoms with Gasteiger partial charge in [-0.15, -0.1) is 0 Å². The number of hydrogen-bond donors (Lipinski definition) is 1. The zero-order valence-electron chi connectivity index (χ0n) is 10.4. The molecule has 1 fully saturated rings. The van der Waals surface area contributed by atoms with Crippen molar-refractivity contribution in [1.29, 1.82) is 0 Å². The van der Waals surface area contributed by atoms with Gasteiger partial charge in [-0.3, -0.25) is 10.1 Å². The molecule has 0 amide bonds. The number of nitro groups is 1. The Morgan fingerprint density at radius 3 is 3.06 bits per heavy atom. The molecule has 0 spiro atoms. The summed E-state index contributed by atoms with van der Waals surface area (Å²) in [5.41, 5.74) is 0.597. The van der Waals surface area contributed by atoms with Gasteiger partial charge < -0.3 is 10.1 Å². The van der Waals surface area contributed by atoms with Crippen LogP contribution in [0.25, 0.3) is 0 Å². The standard InChI is InChI=1S/C12H17N3O3/c1-9-6-12(14-7-11(9)15(16)17)18-8-10-4-2-3-5-13-10/h6-7,10,13H,2-5,8H2,1H3. The molecule has 1 aliphatic rings. The maximum absolute atomic E-state index is 10.7. The van der Waals surface area contributed by atoms with Crippen LogP contribution in [0.15, 0.2) is 12.3 Å². The lowest BCUT2D eigenvalue weighted by molar-refractivity contribution is -0.385. The number of hydrogen-bond acceptors (Lipinski definition) is 5. The third-order valence-corrected chi connectivity index (χ3v) is 3.10. The summed E-state index contributed by atoms with van der Waals surface area (Å²) in [6, 6.07) is 1.97. The number of nitrogens with one attached hydrogen (secondary N) is 1. The molecule has 0 radical (unpaired) electrons. The first-order valence-electron chi connectivity index (χ1n) is 6.14. The Labute approximate surface area is 106 Å². The number of aryl methyl sites for hydroxylation is 1. The first-order chi connectivity index (χ1) is 8.66. The van der Waals surface area contributed by atoms with Crippen LogP contribution in [-0.2, 0) is 0 Å². The summed E-state index contributed by atoms with van der Waals surface area (Å²) in [7, 11) is 0. The van der Waals surface area contributed by atoms with Crippen LogP contribution in [0.4, 0.5) is 5.69 Å². The zero-order valence-corrected chi connectivity index (χ0v) is 10.4. The molecule has 1 aromatic heterocycles. The minimum atomic E-state index is -0.436. The molecule has 18 heavy (non-hydrogen) atoms. The average Bonchev–Trinajstić information content (AvgIpc) is 2.37. The van der Waals surface area contributed by atoms with Crippen molar-refractivity contribution in [3.63, 3.8) is 0 Å². The molecule has 1 unspecified atom stereocenters. The number of rotatable bonds is 4. The predicted octanol–water partition coefficient (Wildman–Crippen LogP) is 1.82. The molecule has 2 heterocycles. The van der Waals surface area contributed by atoms with Crippen LogP contribution in [0.3, 0.4) is 0 Å². The van der Waals surface area contributed by atoms with Gasteiger partial charge in [0.1, 0.15) is 12.8 Å². The van der Waals surface area contributed by atoms with Crippen molar-refractivity contribution >= 4 is 5.69 Å². The van der Waals surface area contributed by atoms with E-state index >= 15 is 0 Å². The molecule has 1 saturated heterocycles. The third kappa shape index (κ3) is 3.16. The van der Waals surface area contributed by atoms with Crippen molar-refractivity contribution in [2.24, 2.45) is 0 Å². The van der Waals surface area contributed by atoms with Gasteiger partial charge in [-0.05, 0) is 26.3 Å². The Morgan fingerprint density at radius 1 is 1.61 bits per heavy atom. The van der Waals surface area contributed by atoms with Gasteiger partial charge in [0.25, 0.3) is 5.69 Å². The predicted molar refractivity (Wildman–Crippen MR) is 66.8 cm³/mol. The molecular formula is C12H17N3O3. The van der Waals surface area contributed by atoms with Crippen LogP contribution in [0, 0.1) is 17.0 Å². The second-order valence-corrected chi connectivity index (χ2v) is 4.52. The van der Waals surface area contributed by atoms with Crippen LogP contribution < -0.4 is 10.1 Å². The van der Waals surface area contributed by atoms with E-state index in [1.807, 2.05) is 0 Å². The van der Waals surface area contributed by atoms with E-state index in [4.69, 9.17) is 4.74 Å². The molecule has 0 bridgehead atoms. The highest BCUT2D eigenvalue weighted by Gasteiger charge is 2.15. The molecule has 1 atom stereocenters. The Bertz CT molecular complexity index is 431. The molecule has 6 heteroatoms. The molecule has 1 N–H and O–H groups in total. The van der Waals surface area contributed by atoms with E-state index in [1.54, 1.807) is 13.0 Å². The Balaban J connectivity index is 1.93. The monoisotopic (exact) mass is 251 g/mol. The topological polar surface area (TPSA) is 77.3 Å². The van der Waals surface area contributed by atoms with Crippen LogP contribution in [0.5, 0.6) is 5.88 Å². The van der Waals surface area contributed by atoms with Gasteiger partial charge in [0.2, 0.25) is 5.88 Å². The van der Waals surface area contributed by atoms with E-state index in [0.29, 0.717) is 24.1 Å². The van der Waals surface area contributed by atoms with Gasteiger partial charge in [-0.25, -0.2) is 4.98 Å². The molecule has 1 aromatic rings. The Kier molecular flexibility index (Phi) is 4.09. The average molecular weight is 251 g/mol. The lowest BCUT2D eigenvalue weighted by Crippen LogP contribution is -2.38. The van der Waals surface area contributed by atoms with E-state index in [9.17, 15) is 10.1 Å². The second kappa shape index (κ2) is 5.77. The largest absolute Gasteiger partial charge is 0.476 e. The molecule has 6 nitrogen and oxygen atoms in total. The lowest BCUT2D eigenvalue weighted by Gasteiger charge is -2.23. The van der Waals surface area contributed by atoms with Gasteiger partial charge in [-0.1, -0.05) is 6.42 Å². The van der Waals surface area contributed by atoms with Gasteiger partial charge in [0.05, 0.1) is 4.92 Å². The zero-order chi connectivity index (χ0) is 13.0. The number of ether oxygens (including phenoxy) is 1. The smallest absolute Gasteiger partial charge is 0.290 e. The first kappa shape index (κ1) is 12.8. The van der Waals surface area contributed by atoms with Gasteiger partial charge >= 0.3 is 0 Å². The van der Waals surface area contributed by atoms with Crippen molar-refractivity contribution in [2.75, 3.05) is 13.2 Å². The summed E-state index contributed by atoms with van der Waals surface area (Å²) < 4.78 is 5.56. The first-order valence-corrected chi connectivity index (χ1v) is 6.14. The van der Waals surface area contributed by atoms with Crippen molar-refractivity contribution < 1.29 is 9.66 Å². The molecule has 98 valence electrons. The fourth-order valence-electron chi connectivity index (χ4n) is 2.05. The minimum Gasteiger partial charge on any atom is -0.476 e.